The van der Waals surface area contributed by atoms with Crippen molar-refractivity contribution < 1.29 is 28.5 Å². The Morgan fingerprint density at radius 2 is 1.83 bits per heavy atom. The molecule has 0 radical (unpaired) electrons. The monoisotopic (exact) mass is 399 g/mol. The first-order chi connectivity index (χ1) is 14.0. The van der Waals surface area contributed by atoms with Gasteiger partial charge in [-0.05, 0) is 42.3 Å². The lowest BCUT2D eigenvalue weighted by atomic mass is 10.2. The van der Waals surface area contributed by atoms with Gasteiger partial charge >= 0.3 is 5.97 Å². The summed E-state index contributed by atoms with van der Waals surface area (Å²) < 4.78 is 22.0. The second-order valence-corrected chi connectivity index (χ2v) is 7.11. The van der Waals surface area contributed by atoms with Crippen molar-refractivity contribution in [3.63, 3.8) is 0 Å². The third kappa shape index (κ3) is 6.14. The molecule has 0 aromatic heterocycles. The number of hydrogen-bond donors (Lipinski definition) is 1. The number of fused-ring (bicyclic) bond motifs is 1. The quantitative estimate of drug-likeness (QED) is 0.688. The zero-order chi connectivity index (χ0) is 20.6. The van der Waals surface area contributed by atoms with Gasteiger partial charge in [0.2, 0.25) is 0 Å². The molecule has 7 heteroatoms. The molecule has 1 aliphatic heterocycles. The molecule has 29 heavy (non-hydrogen) atoms. The van der Waals surface area contributed by atoms with Crippen molar-refractivity contribution >= 4 is 11.9 Å². The van der Waals surface area contributed by atoms with E-state index in [2.05, 4.69) is 19.2 Å². The molecule has 0 unspecified atom stereocenters. The fraction of sp³-hybridized carbons (Fsp3) is 0.364. The lowest BCUT2D eigenvalue weighted by Gasteiger charge is -2.26. The molecule has 0 aliphatic carbocycles. The van der Waals surface area contributed by atoms with Crippen LogP contribution in [0.3, 0.4) is 0 Å². The SMILES string of the molecule is CC(C)COc1ccc(C(=O)OCC(=O)NC[C@H]2COc3ccccc3O2)cc1. The molecular weight excluding hydrogens is 374 g/mol. The number of esters is 1. The van der Waals surface area contributed by atoms with Gasteiger partial charge < -0.3 is 24.3 Å². The standard InChI is InChI=1S/C22H25NO6/c1-15(2)12-26-17-9-7-16(8-10-17)22(25)28-14-21(24)23-11-18-13-27-19-5-3-4-6-20(19)29-18/h3-10,15,18H,11-14H2,1-2H3,(H,23,24)/t18-/m0/s1. The van der Waals surface area contributed by atoms with Crippen LogP contribution in [0.2, 0.25) is 0 Å². The van der Waals surface area contributed by atoms with Crippen molar-refractivity contribution in [1.82, 2.24) is 5.32 Å². The van der Waals surface area contributed by atoms with E-state index in [0.717, 1.165) is 0 Å². The number of hydrogen-bond acceptors (Lipinski definition) is 6. The van der Waals surface area contributed by atoms with Gasteiger partial charge in [-0.3, -0.25) is 4.79 Å². The summed E-state index contributed by atoms with van der Waals surface area (Å²) >= 11 is 0. The Morgan fingerprint density at radius 1 is 1.10 bits per heavy atom. The van der Waals surface area contributed by atoms with E-state index in [1.54, 1.807) is 24.3 Å². The van der Waals surface area contributed by atoms with Crippen LogP contribution in [0.5, 0.6) is 17.2 Å². The van der Waals surface area contributed by atoms with Crippen molar-refractivity contribution in [3.8, 4) is 17.2 Å². The summed E-state index contributed by atoms with van der Waals surface area (Å²) in [5.41, 5.74) is 0.357. The average molecular weight is 399 g/mol. The largest absolute Gasteiger partial charge is 0.493 e. The molecule has 1 heterocycles. The maximum absolute atomic E-state index is 12.1. The molecule has 7 nitrogen and oxygen atoms in total. The van der Waals surface area contributed by atoms with Gasteiger partial charge in [-0.15, -0.1) is 0 Å². The number of nitrogens with one attached hydrogen (secondary N) is 1. The Labute approximate surface area is 169 Å². The van der Waals surface area contributed by atoms with Gasteiger partial charge in [0, 0.05) is 0 Å². The summed E-state index contributed by atoms with van der Waals surface area (Å²) in [4.78, 5) is 24.0. The molecule has 0 fully saturated rings. The summed E-state index contributed by atoms with van der Waals surface area (Å²) in [6, 6.07) is 14.0. The third-order valence-corrected chi connectivity index (χ3v) is 4.10. The fourth-order valence-electron chi connectivity index (χ4n) is 2.61. The summed E-state index contributed by atoms with van der Waals surface area (Å²) in [5, 5.41) is 2.69. The highest BCUT2D eigenvalue weighted by molar-refractivity contribution is 5.91. The van der Waals surface area contributed by atoms with Gasteiger partial charge in [-0.25, -0.2) is 4.79 Å². The fourth-order valence-corrected chi connectivity index (χ4v) is 2.61. The highest BCUT2D eigenvalue weighted by Crippen LogP contribution is 2.30. The number of rotatable bonds is 8. The predicted octanol–water partition coefficient (Wildman–Crippen LogP) is 2.83. The maximum atomic E-state index is 12.1. The van der Waals surface area contributed by atoms with Crippen LogP contribution in [0.15, 0.2) is 48.5 Å². The summed E-state index contributed by atoms with van der Waals surface area (Å²) in [5.74, 6) is 1.46. The molecule has 0 saturated heterocycles. The Balaban J connectivity index is 1.38. The van der Waals surface area contributed by atoms with Crippen LogP contribution in [0.25, 0.3) is 0 Å². The smallest absolute Gasteiger partial charge is 0.338 e. The van der Waals surface area contributed by atoms with Crippen molar-refractivity contribution in [2.24, 2.45) is 5.92 Å². The molecule has 154 valence electrons. The summed E-state index contributed by atoms with van der Waals surface area (Å²) in [6.07, 6.45) is -0.303. The van der Waals surface area contributed by atoms with Crippen molar-refractivity contribution in [2.75, 3.05) is 26.4 Å². The van der Waals surface area contributed by atoms with Crippen molar-refractivity contribution in [2.45, 2.75) is 20.0 Å². The van der Waals surface area contributed by atoms with Gasteiger partial charge in [0.1, 0.15) is 18.5 Å². The minimum absolute atomic E-state index is 0.257. The van der Waals surface area contributed by atoms with Gasteiger partial charge in [0.05, 0.1) is 18.7 Å². The number of benzene rings is 2. The molecular formula is C22H25NO6. The van der Waals surface area contributed by atoms with Crippen LogP contribution < -0.4 is 19.5 Å². The molecule has 0 saturated carbocycles. The first kappa shape index (κ1) is 20.5. The molecule has 0 bridgehead atoms. The van der Waals surface area contributed by atoms with E-state index in [1.165, 1.54) is 0 Å². The van der Waals surface area contributed by atoms with E-state index in [-0.39, 0.29) is 19.3 Å². The maximum Gasteiger partial charge on any atom is 0.338 e. The molecule has 2 aromatic rings. The normalized spacial score (nSPS) is 14.9. The van der Waals surface area contributed by atoms with Crippen molar-refractivity contribution in [1.29, 1.82) is 0 Å². The van der Waals surface area contributed by atoms with Gasteiger partial charge in [-0.1, -0.05) is 26.0 Å². The zero-order valence-corrected chi connectivity index (χ0v) is 16.6. The van der Waals surface area contributed by atoms with Gasteiger partial charge in [-0.2, -0.15) is 0 Å². The van der Waals surface area contributed by atoms with Crippen molar-refractivity contribution in [3.05, 3.63) is 54.1 Å². The van der Waals surface area contributed by atoms with Crippen LogP contribution in [0, 0.1) is 5.92 Å². The first-order valence-corrected chi connectivity index (χ1v) is 9.56. The van der Waals surface area contributed by atoms with E-state index < -0.39 is 11.9 Å². The summed E-state index contributed by atoms with van der Waals surface area (Å²) in [7, 11) is 0. The van der Waals surface area contributed by atoms with E-state index >= 15 is 0 Å². The first-order valence-electron chi connectivity index (χ1n) is 9.56. The minimum Gasteiger partial charge on any atom is -0.493 e. The molecule has 1 amide bonds. The van der Waals surface area contributed by atoms with E-state index in [9.17, 15) is 9.59 Å². The number of carbonyl (C=O) groups excluding carboxylic acids is 2. The Kier molecular flexibility index (Phi) is 6.94. The number of para-hydroxylation sites is 2. The average Bonchev–Trinajstić information content (AvgIpc) is 2.74. The van der Waals surface area contributed by atoms with E-state index in [4.69, 9.17) is 18.9 Å². The van der Waals surface area contributed by atoms with Crippen LogP contribution in [0.1, 0.15) is 24.2 Å². The van der Waals surface area contributed by atoms with Crippen LogP contribution >= 0.6 is 0 Å². The van der Waals surface area contributed by atoms with Crippen LogP contribution in [0.4, 0.5) is 0 Å². The number of carbonyl (C=O) groups is 2. The summed E-state index contributed by atoms with van der Waals surface area (Å²) in [6.45, 7) is 4.95. The molecule has 1 atom stereocenters. The van der Waals surface area contributed by atoms with Crippen LogP contribution in [-0.2, 0) is 9.53 Å². The minimum atomic E-state index is -0.568. The van der Waals surface area contributed by atoms with Crippen LogP contribution in [-0.4, -0.2) is 44.3 Å². The second-order valence-electron chi connectivity index (χ2n) is 7.11. The third-order valence-electron chi connectivity index (χ3n) is 4.10. The number of amides is 1. The topological polar surface area (TPSA) is 83.1 Å². The molecule has 2 aromatic carbocycles. The van der Waals surface area contributed by atoms with E-state index in [0.29, 0.717) is 41.9 Å². The molecule has 1 aliphatic rings. The molecule has 3 rings (SSSR count). The number of ether oxygens (including phenoxy) is 4. The Morgan fingerprint density at radius 3 is 2.55 bits per heavy atom. The zero-order valence-electron chi connectivity index (χ0n) is 16.6. The highest BCUT2D eigenvalue weighted by atomic mass is 16.6. The molecule has 0 spiro atoms. The lowest BCUT2D eigenvalue weighted by molar-refractivity contribution is -0.124. The molecule has 1 N–H and O–H groups in total. The van der Waals surface area contributed by atoms with Gasteiger partial charge in [0.15, 0.2) is 18.1 Å². The lowest BCUT2D eigenvalue weighted by Crippen LogP contribution is -2.42. The van der Waals surface area contributed by atoms with Gasteiger partial charge in [0.25, 0.3) is 5.91 Å². The Hall–Kier alpha value is -3.22. The second kappa shape index (κ2) is 9.82. The Bertz CT molecular complexity index is 833. The highest BCUT2D eigenvalue weighted by Gasteiger charge is 2.21. The van der Waals surface area contributed by atoms with E-state index in [1.807, 2.05) is 24.3 Å². The predicted molar refractivity (Wildman–Crippen MR) is 106 cm³/mol.